The van der Waals surface area contributed by atoms with Crippen LogP contribution >= 0.6 is 0 Å². The van der Waals surface area contributed by atoms with Crippen molar-refractivity contribution in [1.82, 2.24) is 0 Å². The van der Waals surface area contributed by atoms with Crippen LogP contribution in [0.25, 0.3) is 0 Å². The Morgan fingerprint density at radius 2 is 1.78 bits per heavy atom. The number of aryl methyl sites for hydroxylation is 1. The Kier molecular flexibility index (Phi) is 6.10. The minimum atomic E-state index is -0.666. The summed E-state index contributed by atoms with van der Waals surface area (Å²) in [5.74, 6) is -0.532. The number of Topliss-reactive ketones (excluding diaryl/α,β-unsaturated/α-hetero) is 1. The van der Waals surface area contributed by atoms with Crippen molar-refractivity contribution in [2.45, 2.75) is 38.6 Å². The Morgan fingerprint density at radius 1 is 1.06 bits per heavy atom. The second kappa shape index (κ2) is 9.37. The van der Waals surface area contributed by atoms with Crippen molar-refractivity contribution in [2.24, 2.45) is 0 Å². The van der Waals surface area contributed by atoms with Crippen LogP contribution in [0.15, 0.2) is 71.9 Å². The lowest BCUT2D eigenvalue weighted by atomic mass is 9.78. The zero-order valence-electron chi connectivity index (χ0n) is 20.1. The number of nitrogens with zero attached hydrogens (tertiary/aromatic N) is 1. The Labute approximate surface area is 208 Å². The molecule has 1 aliphatic carbocycles. The highest BCUT2D eigenvalue weighted by atomic mass is 16.6. The van der Waals surface area contributed by atoms with Gasteiger partial charge in [0.2, 0.25) is 5.75 Å². The third-order valence-corrected chi connectivity index (χ3v) is 6.76. The number of para-hydroxylation sites is 2. The topological polar surface area (TPSA) is 114 Å². The number of phenols is 1. The fraction of sp³-hybridized carbons (Fsp3) is 0.250. The van der Waals surface area contributed by atoms with Gasteiger partial charge in [0.15, 0.2) is 11.5 Å². The average Bonchev–Trinajstić information content (AvgIpc) is 3.02. The molecule has 0 bridgehead atoms. The van der Waals surface area contributed by atoms with E-state index in [4.69, 9.17) is 4.74 Å². The zero-order chi connectivity index (χ0) is 25.4. The largest absolute Gasteiger partial charge is 0.500 e. The van der Waals surface area contributed by atoms with Gasteiger partial charge in [0.05, 0.1) is 28.9 Å². The highest BCUT2D eigenvalue weighted by Gasteiger charge is 2.37. The van der Waals surface area contributed by atoms with Crippen LogP contribution in [-0.2, 0) is 4.79 Å². The number of benzene rings is 3. The maximum Gasteiger partial charge on any atom is 0.315 e. The van der Waals surface area contributed by atoms with E-state index < -0.39 is 22.4 Å². The Bertz CT molecular complexity index is 1380. The first kappa shape index (κ1) is 23.4. The molecule has 5 rings (SSSR count). The summed E-state index contributed by atoms with van der Waals surface area (Å²) in [5, 5.41) is 29.0. The average molecular weight is 486 g/mol. The molecular formula is C28H27N3O5. The summed E-state index contributed by atoms with van der Waals surface area (Å²) in [6.07, 6.45) is 0.950. The van der Waals surface area contributed by atoms with Crippen LogP contribution in [0.3, 0.4) is 0 Å². The molecule has 0 unspecified atom stereocenters. The van der Waals surface area contributed by atoms with E-state index in [0.717, 1.165) is 28.2 Å². The van der Waals surface area contributed by atoms with Crippen molar-refractivity contribution >= 4 is 22.8 Å². The number of hydrogen-bond donors (Lipinski definition) is 3. The smallest absolute Gasteiger partial charge is 0.315 e. The zero-order valence-corrected chi connectivity index (χ0v) is 20.1. The Hall–Kier alpha value is -4.33. The number of ether oxygens (including phenoxy) is 1. The monoisotopic (exact) mass is 485 g/mol. The van der Waals surface area contributed by atoms with Crippen LogP contribution in [0.4, 0.5) is 17.1 Å². The number of anilines is 2. The van der Waals surface area contributed by atoms with Crippen molar-refractivity contribution < 1.29 is 19.6 Å². The van der Waals surface area contributed by atoms with Crippen LogP contribution in [-0.4, -0.2) is 22.4 Å². The van der Waals surface area contributed by atoms with Crippen LogP contribution in [0, 0.1) is 17.0 Å². The number of rotatable bonds is 5. The van der Waals surface area contributed by atoms with E-state index in [-0.39, 0.29) is 24.1 Å². The summed E-state index contributed by atoms with van der Waals surface area (Å²) >= 11 is 0. The van der Waals surface area contributed by atoms with Gasteiger partial charge in [0.25, 0.3) is 0 Å². The first-order valence-electron chi connectivity index (χ1n) is 11.9. The molecule has 1 heterocycles. The molecule has 3 aromatic rings. The van der Waals surface area contributed by atoms with E-state index in [0.29, 0.717) is 24.0 Å². The number of phenolic OH excluding ortho intramolecular Hbond substituents is 1. The lowest BCUT2D eigenvalue weighted by molar-refractivity contribution is -0.386. The van der Waals surface area contributed by atoms with Gasteiger partial charge < -0.3 is 20.5 Å². The third kappa shape index (κ3) is 4.26. The number of hydrogen-bond acceptors (Lipinski definition) is 7. The van der Waals surface area contributed by atoms with Gasteiger partial charge in [0, 0.05) is 23.8 Å². The van der Waals surface area contributed by atoms with Gasteiger partial charge in [-0.25, -0.2) is 0 Å². The van der Waals surface area contributed by atoms with Gasteiger partial charge in [-0.1, -0.05) is 42.0 Å². The number of aromatic hydroxyl groups is 1. The van der Waals surface area contributed by atoms with Crippen molar-refractivity contribution in [1.29, 1.82) is 0 Å². The summed E-state index contributed by atoms with van der Waals surface area (Å²) in [6.45, 7) is 3.99. The predicted octanol–water partition coefficient (Wildman–Crippen LogP) is 5.99. The first-order chi connectivity index (χ1) is 17.4. The maximum absolute atomic E-state index is 13.7. The number of carbonyl (C=O) groups excluding carboxylic acids is 1. The number of allylic oxidation sites excluding steroid dienone is 1. The number of ketones is 1. The molecular weight excluding hydrogens is 458 g/mol. The SMILES string of the molecule is CCOc1cc([C@@H]2Nc3ccccc3NC3=C2C(=O)C[C@H](c2ccc(C)cc2)C3)cc([N+](=O)[O-])c1O. The van der Waals surface area contributed by atoms with Crippen molar-refractivity contribution in [3.05, 3.63) is 98.7 Å². The molecule has 0 saturated heterocycles. The van der Waals surface area contributed by atoms with Crippen LogP contribution in [0.2, 0.25) is 0 Å². The highest BCUT2D eigenvalue weighted by molar-refractivity contribution is 6.01. The molecule has 0 saturated carbocycles. The van der Waals surface area contributed by atoms with Crippen molar-refractivity contribution in [3.63, 3.8) is 0 Å². The molecule has 0 radical (unpaired) electrons. The van der Waals surface area contributed by atoms with Gasteiger partial charge in [-0.2, -0.15) is 0 Å². The number of nitrogens with one attached hydrogen (secondary N) is 2. The van der Waals surface area contributed by atoms with Gasteiger partial charge >= 0.3 is 5.69 Å². The summed E-state index contributed by atoms with van der Waals surface area (Å²) < 4.78 is 5.51. The minimum absolute atomic E-state index is 0.0110. The molecule has 3 N–H and O–H groups in total. The Balaban J connectivity index is 1.65. The number of nitro benzene ring substituents is 1. The highest BCUT2D eigenvalue weighted by Crippen LogP contribution is 2.47. The van der Waals surface area contributed by atoms with Crippen molar-refractivity contribution in [3.8, 4) is 11.5 Å². The molecule has 0 amide bonds. The van der Waals surface area contributed by atoms with E-state index in [1.807, 2.05) is 31.2 Å². The molecule has 8 nitrogen and oxygen atoms in total. The fourth-order valence-electron chi connectivity index (χ4n) is 5.00. The summed E-state index contributed by atoms with van der Waals surface area (Å²) in [5.41, 5.74) is 5.18. The molecule has 0 fully saturated rings. The molecule has 2 atom stereocenters. The van der Waals surface area contributed by atoms with Gasteiger partial charge in [0.1, 0.15) is 0 Å². The van der Waals surface area contributed by atoms with Crippen LogP contribution in [0.5, 0.6) is 11.5 Å². The van der Waals surface area contributed by atoms with Gasteiger partial charge in [-0.05, 0) is 55.5 Å². The normalized spacial score (nSPS) is 18.9. The summed E-state index contributed by atoms with van der Waals surface area (Å²) in [6, 6.07) is 18.1. The number of nitro groups is 1. The van der Waals surface area contributed by atoms with E-state index in [2.05, 4.69) is 34.9 Å². The number of carbonyl (C=O) groups is 1. The van der Waals surface area contributed by atoms with Crippen LogP contribution < -0.4 is 15.4 Å². The fourth-order valence-corrected chi connectivity index (χ4v) is 5.00. The predicted molar refractivity (Wildman–Crippen MR) is 138 cm³/mol. The Morgan fingerprint density at radius 3 is 2.47 bits per heavy atom. The van der Waals surface area contributed by atoms with E-state index in [1.54, 1.807) is 13.0 Å². The molecule has 8 heteroatoms. The third-order valence-electron chi connectivity index (χ3n) is 6.76. The molecule has 0 aromatic heterocycles. The standard InChI is InChI=1S/C28H27N3O5/c1-3-36-25-15-19(13-23(28(25)33)31(34)35)27-26-22(29-20-6-4-5-7-21(20)30-27)12-18(14-24(26)32)17-10-8-16(2)9-11-17/h4-11,13,15,18,27,29-30,33H,3,12,14H2,1-2H3/t18-,27+/m1/s1. The second-order valence-electron chi connectivity index (χ2n) is 9.16. The maximum atomic E-state index is 13.7. The number of fused-ring (bicyclic) bond motifs is 1. The lowest BCUT2D eigenvalue weighted by Gasteiger charge is -2.30. The molecule has 36 heavy (non-hydrogen) atoms. The molecule has 184 valence electrons. The molecule has 1 aliphatic heterocycles. The summed E-state index contributed by atoms with van der Waals surface area (Å²) in [4.78, 5) is 24.8. The van der Waals surface area contributed by atoms with E-state index in [9.17, 15) is 20.0 Å². The summed E-state index contributed by atoms with van der Waals surface area (Å²) in [7, 11) is 0. The first-order valence-corrected chi connectivity index (χ1v) is 11.9. The molecule has 2 aliphatic rings. The quantitative estimate of drug-likeness (QED) is 0.301. The van der Waals surface area contributed by atoms with Crippen LogP contribution in [0.1, 0.15) is 48.4 Å². The van der Waals surface area contributed by atoms with E-state index >= 15 is 0 Å². The lowest BCUT2D eigenvalue weighted by Crippen LogP contribution is -2.27. The van der Waals surface area contributed by atoms with E-state index in [1.165, 1.54) is 6.07 Å². The van der Waals surface area contributed by atoms with Gasteiger partial charge in [-0.15, -0.1) is 0 Å². The molecule has 0 spiro atoms. The van der Waals surface area contributed by atoms with Crippen molar-refractivity contribution in [2.75, 3.05) is 17.2 Å². The van der Waals surface area contributed by atoms with Gasteiger partial charge in [-0.3, -0.25) is 14.9 Å². The minimum Gasteiger partial charge on any atom is -0.500 e. The second-order valence-corrected chi connectivity index (χ2v) is 9.16. The molecule has 3 aromatic carbocycles.